The van der Waals surface area contributed by atoms with Gasteiger partial charge >= 0.3 is 12.3 Å². The molecule has 0 saturated carbocycles. The number of ether oxygens (including phenoxy) is 2. The highest BCUT2D eigenvalue weighted by molar-refractivity contribution is 6.02. The minimum absolute atomic E-state index is 0.0646. The quantitative estimate of drug-likeness (QED) is 0.407. The highest BCUT2D eigenvalue weighted by Crippen LogP contribution is 2.44. The number of anilines is 1. The maximum atomic E-state index is 14.0. The van der Waals surface area contributed by atoms with Crippen molar-refractivity contribution in [2.24, 2.45) is 0 Å². The van der Waals surface area contributed by atoms with Crippen LogP contribution in [0.2, 0.25) is 0 Å². The number of alkyl halides is 3. The van der Waals surface area contributed by atoms with Gasteiger partial charge in [-0.3, -0.25) is 9.59 Å². The van der Waals surface area contributed by atoms with E-state index in [1.54, 1.807) is 20.8 Å². The van der Waals surface area contributed by atoms with Gasteiger partial charge in [0.2, 0.25) is 0 Å². The molecule has 1 heterocycles. The van der Waals surface area contributed by atoms with Crippen molar-refractivity contribution >= 4 is 34.4 Å². The molecule has 3 amide bonds. The SMILES string of the molecule is Cc1ccc2ccccc2c1CN1C(=O)[C@@H](NC(=O)[C@H](C)OC(=O)N(C)C(C)(C)C)COc2c1cccc2C(F)(F)F. The van der Waals surface area contributed by atoms with Crippen molar-refractivity contribution in [2.45, 2.75) is 65.0 Å². The van der Waals surface area contributed by atoms with Gasteiger partial charge in [0.15, 0.2) is 11.9 Å². The first-order chi connectivity index (χ1) is 19.6. The third-order valence-corrected chi connectivity index (χ3v) is 7.38. The number of carbonyl (C=O) groups is 3. The van der Waals surface area contributed by atoms with Gasteiger partial charge in [0.05, 0.1) is 17.8 Å². The molecular weight excluding hydrogens is 551 g/mol. The Balaban J connectivity index is 1.69. The van der Waals surface area contributed by atoms with Crippen molar-refractivity contribution in [1.29, 1.82) is 0 Å². The van der Waals surface area contributed by atoms with E-state index < -0.39 is 59.7 Å². The average Bonchev–Trinajstić information content (AvgIpc) is 3.04. The molecule has 1 aliphatic heterocycles. The second-order valence-corrected chi connectivity index (χ2v) is 11.3. The summed E-state index contributed by atoms with van der Waals surface area (Å²) in [4.78, 5) is 42.1. The van der Waals surface area contributed by atoms with E-state index in [2.05, 4.69) is 5.32 Å². The van der Waals surface area contributed by atoms with Crippen LogP contribution in [0.25, 0.3) is 10.8 Å². The number of hydrogen-bond acceptors (Lipinski definition) is 5. The van der Waals surface area contributed by atoms with Crippen LogP contribution in [-0.2, 0) is 27.0 Å². The molecule has 2 atom stereocenters. The first kappa shape index (κ1) is 30.7. The van der Waals surface area contributed by atoms with Crippen LogP contribution in [0.5, 0.6) is 5.75 Å². The Bertz CT molecular complexity index is 1520. The topological polar surface area (TPSA) is 88.2 Å². The van der Waals surface area contributed by atoms with E-state index in [1.165, 1.54) is 35.9 Å². The van der Waals surface area contributed by atoms with E-state index >= 15 is 0 Å². The minimum Gasteiger partial charge on any atom is -0.488 e. The highest BCUT2D eigenvalue weighted by atomic mass is 19.4. The molecule has 0 fully saturated rings. The molecular formula is C31H34F3N3O5. The van der Waals surface area contributed by atoms with E-state index in [4.69, 9.17) is 9.47 Å². The van der Waals surface area contributed by atoms with Crippen LogP contribution in [-0.4, -0.2) is 54.1 Å². The molecule has 0 aromatic heterocycles. The number of carbonyl (C=O) groups excluding carboxylic acids is 3. The first-order valence-corrected chi connectivity index (χ1v) is 13.5. The Morgan fingerprint density at radius 1 is 1.10 bits per heavy atom. The molecule has 0 unspecified atom stereocenters. The van der Waals surface area contributed by atoms with Crippen molar-refractivity contribution in [3.05, 3.63) is 71.3 Å². The number of aryl methyl sites for hydroxylation is 1. The Kier molecular flexibility index (Phi) is 8.43. The Hall–Kier alpha value is -4.28. The molecule has 42 heavy (non-hydrogen) atoms. The third kappa shape index (κ3) is 6.29. The third-order valence-electron chi connectivity index (χ3n) is 7.38. The summed E-state index contributed by atoms with van der Waals surface area (Å²) in [5.41, 5.74) is -0.0914. The Labute approximate surface area is 242 Å². The summed E-state index contributed by atoms with van der Waals surface area (Å²) >= 11 is 0. The molecule has 1 N–H and O–H groups in total. The number of nitrogens with one attached hydrogen (secondary N) is 1. The van der Waals surface area contributed by atoms with Gasteiger partial charge in [0.25, 0.3) is 11.8 Å². The van der Waals surface area contributed by atoms with Gasteiger partial charge in [-0.2, -0.15) is 13.2 Å². The van der Waals surface area contributed by atoms with E-state index in [1.807, 2.05) is 43.3 Å². The van der Waals surface area contributed by atoms with Crippen LogP contribution in [0.4, 0.5) is 23.7 Å². The second-order valence-electron chi connectivity index (χ2n) is 11.3. The number of para-hydroxylation sites is 1. The zero-order chi connectivity index (χ0) is 31.0. The van der Waals surface area contributed by atoms with Crippen LogP contribution in [0.15, 0.2) is 54.6 Å². The lowest BCUT2D eigenvalue weighted by atomic mass is 9.98. The predicted molar refractivity (Wildman–Crippen MR) is 152 cm³/mol. The molecule has 224 valence electrons. The zero-order valence-electron chi connectivity index (χ0n) is 24.3. The second kappa shape index (κ2) is 11.5. The van der Waals surface area contributed by atoms with Gasteiger partial charge in [-0.1, -0.05) is 42.5 Å². The minimum atomic E-state index is -4.75. The van der Waals surface area contributed by atoms with Crippen molar-refractivity contribution in [3.63, 3.8) is 0 Å². The van der Waals surface area contributed by atoms with Crippen LogP contribution < -0.4 is 15.0 Å². The maximum absolute atomic E-state index is 14.0. The van der Waals surface area contributed by atoms with Gasteiger partial charge < -0.3 is 24.6 Å². The number of benzene rings is 3. The van der Waals surface area contributed by atoms with Gasteiger partial charge in [0, 0.05) is 12.6 Å². The smallest absolute Gasteiger partial charge is 0.420 e. The summed E-state index contributed by atoms with van der Waals surface area (Å²) in [6.45, 7) is 7.95. The molecule has 3 aromatic carbocycles. The largest absolute Gasteiger partial charge is 0.488 e. The number of nitrogens with zero attached hydrogens (tertiary/aromatic N) is 2. The van der Waals surface area contributed by atoms with Crippen LogP contribution >= 0.6 is 0 Å². The zero-order valence-corrected chi connectivity index (χ0v) is 24.3. The highest BCUT2D eigenvalue weighted by Gasteiger charge is 2.41. The Morgan fingerprint density at radius 3 is 2.45 bits per heavy atom. The monoisotopic (exact) mass is 585 g/mol. The molecule has 0 spiro atoms. The van der Waals surface area contributed by atoms with E-state index in [0.717, 1.165) is 28.0 Å². The van der Waals surface area contributed by atoms with E-state index in [-0.39, 0.29) is 12.2 Å². The fraction of sp³-hybridized carbons (Fsp3) is 0.387. The molecule has 0 aliphatic carbocycles. The maximum Gasteiger partial charge on any atom is 0.420 e. The molecule has 0 bridgehead atoms. The number of halogens is 3. The molecule has 1 aliphatic rings. The number of amides is 3. The van der Waals surface area contributed by atoms with Crippen molar-refractivity contribution in [3.8, 4) is 5.75 Å². The number of fused-ring (bicyclic) bond motifs is 2. The van der Waals surface area contributed by atoms with Crippen molar-refractivity contribution < 1.29 is 37.0 Å². The summed E-state index contributed by atoms with van der Waals surface area (Å²) in [5.74, 6) is -1.96. The van der Waals surface area contributed by atoms with E-state index in [0.29, 0.717) is 0 Å². The van der Waals surface area contributed by atoms with E-state index in [9.17, 15) is 27.6 Å². The van der Waals surface area contributed by atoms with Gasteiger partial charge in [-0.25, -0.2) is 4.79 Å². The first-order valence-electron chi connectivity index (χ1n) is 13.5. The molecule has 4 rings (SSSR count). The lowest BCUT2D eigenvalue weighted by Gasteiger charge is -2.32. The average molecular weight is 586 g/mol. The lowest BCUT2D eigenvalue weighted by molar-refractivity contribution is -0.139. The fourth-order valence-electron chi connectivity index (χ4n) is 4.58. The fourth-order valence-corrected chi connectivity index (χ4v) is 4.58. The van der Waals surface area contributed by atoms with Crippen molar-refractivity contribution in [1.82, 2.24) is 10.2 Å². The predicted octanol–water partition coefficient (Wildman–Crippen LogP) is 5.83. The summed E-state index contributed by atoms with van der Waals surface area (Å²) in [7, 11) is 1.53. The molecule has 11 heteroatoms. The molecule has 0 radical (unpaired) electrons. The van der Waals surface area contributed by atoms with Gasteiger partial charge in [-0.15, -0.1) is 0 Å². The normalized spacial score (nSPS) is 16.3. The molecule has 3 aromatic rings. The van der Waals surface area contributed by atoms with Gasteiger partial charge in [0.1, 0.15) is 12.6 Å². The number of rotatable bonds is 5. The van der Waals surface area contributed by atoms with Crippen LogP contribution in [0, 0.1) is 6.92 Å². The number of hydrogen-bond donors (Lipinski definition) is 1. The molecule has 0 saturated heterocycles. The molecule has 8 nitrogen and oxygen atoms in total. The summed E-state index contributed by atoms with van der Waals surface area (Å²) in [6.07, 6.45) is -6.79. The summed E-state index contributed by atoms with van der Waals surface area (Å²) in [5, 5.41) is 4.26. The van der Waals surface area contributed by atoms with Gasteiger partial charge in [-0.05, 0) is 68.7 Å². The van der Waals surface area contributed by atoms with Crippen LogP contribution in [0.3, 0.4) is 0 Å². The summed E-state index contributed by atoms with van der Waals surface area (Å²) in [6, 6.07) is 13.4. The van der Waals surface area contributed by atoms with Crippen LogP contribution in [0.1, 0.15) is 44.4 Å². The van der Waals surface area contributed by atoms with Crippen molar-refractivity contribution in [2.75, 3.05) is 18.6 Å². The Morgan fingerprint density at radius 2 is 1.79 bits per heavy atom. The standard InChI is InChI=1S/C31H34F3N3O5/c1-18-14-15-20-10-7-8-11-21(20)22(18)16-37-25-13-9-12-23(31(32,33)34)26(25)41-17-24(28(37)39)35-27(38)19(2)42-29(40)36(6)30(3,4)5/h7-15,19,24H,16-17H2,1-6H3,(H,35,38)/t19-,24-/m0/s1. The lowest BCUT2D eigenvalue weighted by Crippen LogP contribution is -2.53. The summed E-state index contributed by atoms with van der Waals surface area (Å²) < 4.78 is 52.9.